The van der Waals surface area contributed by atoms with Crippen LogP contribution in [0.25, 0.3) is 0 Å². The molecule has 2 aromatic carbocycles. The molecule has 0 aliphatic carbocycles. The number of esters is 1. The van der Waals surface area contributed by atoms with Gasteiger partial charge >= 0.3 is 5.97 Å². The van der Waals surface area contributed by atoms with E-state index in [0.717, 1.165) is 0 Å². The predicted molar refractivity (Wildman–Crippen MR) is 92.6 cm³/mol. The zero-order chi connectivity index (χ0) is 18.2. The smallest absolute Gasteiger partial charge is 0.344 e. The van der Waals surface area contributed by atoms with Gasteiger partial charge in [0.2, 0.25) is 0 Å². The Hall–Kier alpha value is -3.15. The second-order valence-corrected chi connectivity index (χ2v) is 5.36. The fourth-order valence-corrected chi connectivity index (χ4v) is 1.98. The zero-order valence-electron chi connectivity index (χ0n) is 14.0. The molecule has 0 saturated heterocycles. The first kappa shape index (κ1) is 18.2. The molecule has 0 unspecified atom stereocenters. The van der Waals surface area contributed by atoms with Gasteiger partial charge < -0.3 is 14.8 Å². The van der Waals surface area contributed by atoms with Crippen LogP contribution in [0, 0.1) is 0 Å². The summed E-state index contributed by atoms with van der Waals surface area (Å²) >= 11 is 0. The Morgan fingerprint density at radius 2 is 1.64 bits per heavy atom. The quantitative estimate of drug-likeness (QED) is 0.618. The Kier molecular flexibility index (Phi) is 6.28. The molecule has 0 aromatic heterocycles. The van der Waals surface area contributed by atoms with Crippen molar-refractivity contribution in [2.45, 2.75) is 20.0 Å². The van der Waals surface area contributed by atoms with E-state index in [9.17, 15) is 14.4 Å². The summed E-state index contributed by atoms with van der Waals surface area (Å²) in [6.07, 6.45) is -0.948. The molecule has 0 aliphatic rings. The van der Waals surface area contributed by atoms with Crippen molar-refractivity contribution in [3.8, 4) is 5.75 Å². The number of ether oxygens (including phenoxy) is 2. The van der Waals surface area contributed by atoms with Gasteiger partial charge in [-0.3, -0.25) is 9.59 Å². The third-order valence-electron chi connectivity index (χ3n) is 3.34. The van der Waals surface area contributed by atoms with E-state index in [1.165, 1.54) is 13.8 Å². The first-order valence-corrected chi connectivity index (χ1v) is 7.75. The second-order valence-electron chi connectivity index (χ2n) is 5.36. The van der Waals surface area contributed by atoms with Gasteiger partial charge in [-0.25, -0.2) is 4.79 Å². The van der Waals surface area contributed by atoms with Gasteiger partial charge in [-0.05, 0) is 50.2 Å². The molecule has 0 heterocycles. The Bertz CT molecular complexity index is 740. The van der Waals surface area contributed by atoms with Crippen LogP contribution in [0.5, 0.6) is 5.75 Å². The van der Waals surface area contributed by atoms with E-state index >= 15 is 0 Å². The van der Waals surface area contributed by atoms with E-state index in [0.29, 0.717) is 17.0 Å². The van der Waals surface area contributed by atoms with Crippen molar-refractivity contribution in [3.05, 3.63) is 60.2 Å². The van der Waals surface area contributed by atoms with Crippen LogP contribution >= 0.6 is 0 Å². The highest BCUT2D eigenvalue weighted by atomic mass is 16.6. The van der Waals surface area contributed by atoms with Crippen molar-refractivity contribution in [1.82, 2.24) is 0 Å². The number of rotatable bonds is 7. The summed E-state index contributed by atoms with van der Waals surface area (Å²) < 4.78 is 10.3. The molecule has 25 heavy (non-hydrogen) atoms. The van der Waals surface area contributed by atoms with E-state index in [4.69, 9.17) is 9.47 Å². The van der Waals surface area contributed by atoms with Gasteiger partial charge in [0.25, 0.3) is 5.91 Å². The van der Waals surface area contributed by atoms with Gasteiger partial charge in [-0.2, -0.15) is 0 Å². The van der Waals surface area contributed by atoms with Crippen molar-refractivity contribution in [3.63, 3.8) is 0 Å². The molecule has 0 saturated carbocycles. The summed E-state index contributed by atoms with van der Waals surface area (Å²) in [6.45, 7) is 2.62. The van der Waals surface area contributed by atoms with E-state index < -0.39 is 18.0 Å². The molecular weight excluding hydrogens is 322 g/mol. The standard InChI is InChI=1S/C19H19NO5/c1-13(21)15-8-10-17(11-9-15)24-12-18(22)25-14(2)19(23)20-16-6-4-3-5-7-16/h3-11,14H,12H2,1-2H3,(H,20,23)/t14-/m0/s1. The van der Waals surface area contributed by atoms with Crippen LogP contribution in [-0.4, -0.2) is 30.4 Å². The molecule has 2 rings (SSSR count). The maximum absolute atomic E-state index is 12.0. The van der Waals surface area contributed by atoms with Gasteiger partial charge in [-0.15, -0.1) is 0 Å². The Labute approximate surface area is 145 Å². The third kappa shape index (κ3) is 5.76. The van der Waals surface area contributed by atoms with Crippen LogP contribution < -0.4 is 10.1 Å². The Balaban J connectivity index is 1.79. The number of para-hydroxylation sites is 1. The summed E-state index contributed by atoms with van der Waals surface area (Å²) in [5.41, 5.74) is 1.18. The summed E-state index contributed by atoms with van der Waals surface area (Å²) in [5, 5.41) is 2.65. The summed E-state index contributed by atoms with van der Waals surface area (Å²) in [6, 6.07) is 15.3. The largest absolute Gasteiger partial charge is 0.482 e. The van der Waals surface area contributed by atoms with Crippen molar-refractivity contribution in [2.24, 2.45) is 0 Å². The molecule has 1 N–H and O–H groups in total. The number of carbonyl (C=O) groups is 3. The molecule has 0 fully saturated rings. The molecule has 0 bridgehead atoms. The highest BCUT2D eigenvalue weighted by Crippen LogP contribution is 2.13. The number of anilines is 1. The van der Waals surface area contributed by atoms with Crippen LogP contribution in [0.2, 0.25) is 0 Å². The topological polar surface area (TPSA) is 81.7 Å². The fourth-order valence-electron chi connectivity index (χ4n) is 1.98. The molecular formula is C19H19NO5. The van der Waals surface area contributed by atoms with Crippen LogP contribution in [0.15, 0.2) is 54.6 Å². The lowest BCUT2D eigenvalue weighted by molar-refractivity contribution is -0.155. The molecule has 0 radical (unpaired) electrons. The lowest BCUT2D eigenvalue weighted by Crippen LogP contribution is -2.31. The first-order valence-electron chi connectivity index (χ1n) is 7.75. The summed E-state index contributed by atoms with van der Waals surface area (Å²) in [5.74, 6) is -0.704. The highest BCUT2D eigenvalue weighted by molar-refractivity contribution is 5.95. The van der Waals surface area contributed by atoms with Crippen LogP contribution in [0.3, 0.4) is 0 Å². The minimum atomic E-state index is -0.948. The van der Waals surface area contributed by atoms with Crippen molar-refractivity contribution in [2.75, 3.05) is 11.9 Å². The van der Waals surface area contributed by atoms with E-state index in [1.807, 2.05) is 6.07 Å². The van der Waals surface area contributed by atoms with Crippen molar-refractivity contribution < 1.29 is 23.9 Å². The third-order valence-corrected chi connectivity index (χ3v) is 3.34. The number of Topliss-reactive ketones (excluding diaryl/α,β-unsaturated/α-hetero) is 1. The average Bonchev–Trinajstić information content (AvgIpc) is 2.61. The zero-order valence-corrected chi connectivity index (χ0v) is 14.0. The maximum atomic E-state index is 12.0. The Morgan fingerprint density at radius 3 is 2.24 bits per heavy atom. The Morgan fingerprint density at radius 1 is 1.00 bits per heavy atom. The number of ketones is 1. The fraction of sp³-hybridized carbons (Fsp3) is 0.211. The van der Waals surface area contributed by atoms with E-state index in [-0.39, 0.29) is 12.4 Å². The highest BCUT2D eigenvalue weighted by Gasteiger charge is 2.18. The number of benzene rings is 2. The second kappa shape index (κ2) is 8.63. The molecule has 6 heteroatoms. The van der Waals surface area contributed by atoms with Crippen LogP contribution in [0.4, 0.5) is 5.69 Å². The number of hydrogen-bond acceptors (Lipinski definition) is 5. The minimum Gasteiger partial charge on any atom is -0.482 e. The first-order chi connectivity index (χ1) is 12.0. The van der Waals surface area contributed by atoms with Crippen molar-refractivity contribution in [1.29, 1.82) is 0 Å². The molecule has 130 valence electrons. The predicted octanol–water partition coefficient (Wildman–Crippen LogP) is 2.84. The van der Waals surface area contributed by atoms with Crippen molar-refractivity contribution >= 4 is 23.3 Å². The van der Waals surface area contributed by atoms with Gasteiger partial charge in [0, 0.05) is 11.3 Å². The monoisotopic (exact) mass is 341 g/mol. The molecule has 0 aliphatic heterocycles. The SMILES string of the molecule is CC(=O)c1ccc(OCC(=O)O[C@@H](C)C(=O)Nc2ccccc2)cc1. The summed E-state index contributed by atoms with van der Waals surface area (Å²) in [7, 11) is 0. The number of amides is 1. The number of hydrogen-bond donors (Lipinski definition) is 1. The average molecular weight is 341 g/mol. The molecule has 1 atom stereocenters. The molecule has 0 spiro atoms. The van der Waals surface area contributed by atoms with Crippen LogP contribution in [0.1, 0.15) is 24.2 Å². The normalized spacial score (nSPS) is 11.3. The lowest BCUT2D eigenvalue weighted by atomic mass is 10.1. The van der Waals surface area contributed by atoms with E-state index in [2.05, 4.69) is 5.32 Å². The van der Waals surface area contributed by atoms with Gasteiger partial charge in [0.15, 0.2) is 18.5 Å². The lowest BCUT2D eigenvalue weighted by Gasteiger charge is -2.14. The van der Waals surface area contributed by atoms with Crippen LogP contribution in [-0.2, 0) is 14.3 Å². The molecule has 2 aromatic rings. The summed E-state index contributed by atoms with van der Waals surface area (Å²) in [4.78, 5) is 34.9. The van der Waals surface area contributed by atoms with E-state index in [1.54, 1.807) is 48.5 Å². The number of nitrogens with one attached hydrogen (secondary N) is 1. The number of carbonyl (C=O) groups excluding carboxylic acids is 3. The van der Waals surface area contributed by atoms with Gasteiger partial charge in [0.05, 0.1) is 0 Å². The van der Waals surface area contributed by atoms with Gasteiger partial charge in [0.1, 0.15) is 5.75 Å². The molecule has 6 nitrogen and oxygen atoms in total. The van der Waals surface area contributed by atoms with Gasteiger partial charge in [-0.1, -0.05) is 18.2 Å². The minimum absolute atomic E-state index is 0.0517. The maximum Gasteiger partial charge on any atom is 0.344 e. The molecule has 1 amide bonds.